The number of rotatable bonds is 5. The molecule has 2 fully saturated rings. The molecule has 1 N–H and O–H groups in total. The van der Waals surface area contributed by atoms with Crippen molar-refractivity contribution in [2.24, 2.45) is 5.92 Å². The van der Waals surface area contributed by atoms with Crippen molar-refractivity contribution < 1.29 is 17.6 Å². The highest BCUT2D eigenvalue weighted by Crippen LogP contribution is 2.58. The molecule has 2 aromatic rings. The topological polar surface area (TPSA) is 92.5 Å². The highest BCUT2D eigenvalue weighted by molar-refractivity contribution is 7.91. The van der Waals surface area contributed by atoms with Gasteiger partial charge in [0, 0.05) is 13.0 Å². The van der Waals surface area contributed by atoms with E-state index in [4.69, 9.17) is 4.42 Å². The molecule has 9 heteroatoms. The van der Waals surface area contributed by atoms with E-state index in [1.54, 1.807) is 30.5 Å². The van der Waals surface area contributed by atoms with Gasteiger partial charge in [0.2, 0.25) is 5.91 Å². The summed E-state index contributed by atoms with van der Waals surface area (Å²) < 4.78 is 34.3. The Morgan fingerprint density at radius 1 is 1.50 bits per heavy atom. The summed E-state index contributed by atoms with van der Waals surface area (Å²) in [6, 6.07) is 3.67. The number of thiazole rings is 1. The average molecular weight is 396 g/mol. The third-order valence-electron chi connectivity index (χ3n) is 5.47. The van der Waals surface area contributed by atoms with Crippen LogP contribution in [0.2, 0.25) is 0 Å². The summed E-state index contributed by atoms with van der Waals surface area (Å²) in [5.74, 6) is 0.822. The number of nitrogens with zero attached hydrogens (tertiary/aromatic N) is 2. The van der Waals surface area contributed by atoms with E-state index in [1.807, 2.05) is 6.07 Å². The number of furan rings is 1. The zero-order chi connectivity index (χ0) is 18.5. The van der Waals surface area contributed by atoms with E-state index >= 15 is 0 Å². The minimum Gasteiger partial charge on any atom is -0.467 e. The number of carbonyl (C=O) groups excluding carboxylic acids is 1. The van der Waals surface area contributed by atoms with Crippen molar-refractivity contribution in [1.29, 1.82) is 0 Å². The van der Waals surface area contributed by atoms with Crippen LogP contribution < -0.4 is 5.32 Å². The lowest BCUT2D eigenvalue weighted by molar-refractivity contribution is -0.115. The molecule has 0 radical (unpaired) electrons. The molecule has 140 valence electrons. The third kappa shape index (κ3) is 2.44. The van der Waals surface area contributed by atoms with E-state index in [0.29, 0.717) is 23.8 Å². The predicted molar refractivity (Wildman–Crippen MR) is 97.4 cm³/mol. The van der Waals surface area contributed by atoms with Gasteiger partial charge in [-0.25, -0.2) is 13.4 Å². The van der Waals surface area contributed by atoms with Crippen LogP contribution in [0.4, 0.5) is 5.13 Å². The molecule has 0 bridgehead atoms. The van der Waals surface area contributed by atoms with E-state index in [9.17, 15) is 13.2 Å². The molecule has 0 aromatic carbocycles. The molecule has 2 aromatic heterocycles. The second kappa shape index (κ2) is 6.17. The second-order valence-corrected chi connectivity index (χ2v) is 9.85. The summed E-state index contributed by atoms with van der Waals surface area (Å²) in [5.41, 5.74) is -0.162. The predicted octanol–water partition coefficient (Wildman–Crippen LogP) is 3.09. The Labute approximate surface area is 156 Å². The minimum atomic E-state index is -3.73. The molecule has 1 aliphatic heterocycles. The largest absolute Gasteiger partial charge is 0.467 e. The monoisotopic (exact) mass is 395 g/mol. The molecule has 4 rings (SSSR count). The first-order valence-electron chi connectivity index (χ1n) is 8.73. The summed E-state index contributed by atoms with van der Waals surface area (Å²) >= 11 is 1.02. The van der Waals surface area contributed by atoms with Gasteiger partial charge in [0.15, 0.2) is 9.34 Å². The molecule has 1 saturated heterocycles. The molecule has 1 amide bonds. The Bertz CT molecular complexity index is 935. The Kier molecular flexibility index (Phi) is 4.20. The first-order chi connectivity index (χ1) is 12.4. The fourth-order valence-corrected chi connectivity index (χ4v) is 7.46. The summed E-state index contributed by atoms with van der Waals surface area (Å²) in [5, 5.41) is 2.98. The van der Waals surface area contributed by atoms with Crippen LogP contribution >= 0.6 is 11.3 Å². The van der Waals surface area contributed by atoms with Crippen LogP contribution in [0.25, 0.3) is 0 Å². The number of fused-ring (bicyclic) bond motifs is 1. The number of hydrogen-bond donors (Lipinski definition) is 1. The lowest BCUT2D eigenvalue weighted by Crippen LogP contribution is -2.53. The minimum absolute atomic E-state index is 0.185. The maximum absolute atomic E-state index is 13.5. The second-order valence-electron chi connectivity index (χ2n) is 6.80. The fourth-order valence-electron chi connectivity index (χ4n) is 4.10. The lowest BCUT2D eigenvalue weighted by atomic mass is 9.66. The van der Waals surface area contributed by atoms with Gasteiger partial charge < -0.3 is 9.73 Å². The molecular weight excluding hydrogens is 374 g/mol. The van der Waals surface area contributed by atoms with Gasteiger partial charge >= 0.3 is 0 Å². The van der Waals surface area contributed by atoms with Gasteiger partial charge in [0.1, 0.15) is 5.76 Å². The SMILES string of the molecule is CCC(=O)Nc1nc(C)c(S(=O)(=O)N2CC[C@@H]3CC[C@@]32c2ccco2)s1. The summed E-state index contributed by atoms with van der Waals surface area (Å²) in [6.45, 7) is 3.88. The number of amides is 1. The quantitative estimate of drug-likeness (QED) is 0.840. The molecule has 0 spiro atoms. The number of sulfonamides is 1. The molecule has 0 unspecified atom stereocenters. The Morgan fingerprint density at radius 3 is 2.92 bits per heavy atom. The zero-order valence-electron chi connectivity index (χ0n) is 14.7. The van der Waals surface area contributed by atoms with Crippen LogP contribution in [0, 0.1) is 12.8 Å². The van der Waals surface area contributed by atoms with Crippen molar-refractivity contribution in [1.82, 2.24) is 9.29 Å². The smallest absolute Gasteiger partial charge is 0.255 e. The van der Waals surface area contributed by atoms with Crippen LogP contribution in [0.15, 0.2) is 27.0 Å². The molecule has 1 aliphatic carbocycles. The number of aromatic nitrogens is 1. The number of hydrogen-bond acceptors (Lipinski definition) is 6. The van der Waals surface area contributed by atoms with E-state index in [-0.39, 0.29) is 16.0 Å². The van der Waals surface area contributed by atoms with Gasteiger partial charge in [0.05, 0.1) is 17.5 Å². The Balaban J connectivity index is 1.72. The summed E-state index contributed by atoms with van der Waals surface area (Å²) in [4.78, 5) is 15.8. The van der Waals surface area contributed by atoms with Crippen molar-refractivity contribution in [3.63, 3.8) is 0 Å². The number of anilines is 1. The highest BCUT2D eigenvalue weighted by atomic mass is 32.2. The molecule has 26 heavy (non-hydrogen) atoms. The number of aryl methyl sites for hydroxylation is 1. The van der Waals surface area contributed by atoms with Crippen molar-refractivity contribution in [2.45, 2.75) is 49.3 Å². The lowest BCUT2D eigenvalue weighted by Gasteiger charge is -2.47. The Morgan fingerprint density at radius 2 is 2.31 bits per heavy atom. The molecule has 3 heterocycles. The zero-order valence-corrected chi connectivity index (χ0v) is 16.3. The van der Waals surface area contributed by atoms with Crippen LogP contribution in [0.3, 0.4) is 0 Å². The Hall–Kier alpha value is -1.71. The van der Waals surface area contributed by atoms with Gasteiger partial charge in [-0.3, -0.25) is 4.79 Å². The fraction of sp³-hybridized carbons (Fsp3) is 0.529. The average Bonchev–Trinajstić information content (AvgIpc) is 3.27. The molecule has 7 nitrogen and oxygen atoms in total. The normalized spacial score (nSPS) is 25.7. The standard InChI is InChI=1S/C17H21N3O4S2/c1-3-14(21)19-16-18-11(2)15(25-16)26(22,23)20-9-7-12-6-8-17(12,20)13-5-4-10-24-13/h4-5,10,12H,3,6-9H2,1-2H3,(H,18,19,21)/t12-,17-/m0/s1. The van der Waals surface area contributed by atoms with Gasteiger partial charge in [-0.2, -0.15) is 4.31 Å². The molecular formula is C17H21N3O4S2. The maximum atomic E-state index is 13.5. The first kappa shape index (κ1) is 17.7. The van der Waals surface area contributed by atoms with E-state index in [1.165, 1.54) is 0 Å². The summed E-state index contributed by atoms with van der Waals surface area (Å²) in [7, 11) is -3.73. The third-order valence-corrected chi connectivity index (χ3v) is 9.07. The van der Waals surface area contributed by atoms with Crippen LogP contribution in [-0.4, -0.2) is 30.2 Å². The van der Waals surface area contributed by atoms with Gasteiger partial charge in [-0.15, -0.1) is 0 Å². The van der Waals surface area contributed by atoms with Gasteiger partial charge in [0.25, 0.3) is 10.0 Å². The van der Waals surface area contributed by atoms with Crippen molar-refractivity contribution in [2.75, 3.05) is 11.9 Å². The van der Waals surface area contributed by atoms with Crippen LogP contribution in [-0.2, 0) is 20.4 Å². The van der Waals surface area contributed by atoms with Crippen molar-refractivity contribution >= 4 is 32.4 Å². The molecule has 2 aliphatic rings. The van der Waals surface area contributed by atoms with E-state index in [2.05, 4.69) is 10.3 Å². The van der Waals surface area contributed by atoms with Crippen LogP contribution in [0.5, 0.6) is 0 Å². The van der Waals surface area contributed by atoms with Gasteiger partial charge in [-0.05, 0) is 44.2 Å². The highest BCUT2D eigenvalue weighted by Gasteiger charge is 2.62. The molecule has 2 atom stereocenters. The van der Waals surface area contributed by atoms with Crippen molar-refractivity contribution in [3.8, 4) is 0 Å². The van der Waals surface area contributed by atoms with Gasteiger partial charge in [-0.1, -0.05) is 18.3 Å². The number of nitrogens with one attached hydrogen (secondary N) is 1. The van der Waals surface area contributed by atoms with Crippen LogP contribution in [0.1, 0.15) is 44.1 Å². The van der Waals surface area contributed by atoms with Crippen molar-refractivity contribution in [3.05, 3.63) is 29.9 Å². The number of carbonyl (C=O) groups is 1. The van der Waals surface area contributed by atoms with E-state index < -0.39 is 15.6 Å². The molecule has 1 saturated carbocycles. The summed E-state index contributed by atoms with van der Waals surface area (Å²) in [6.07, 6.45) is 4.51. The maximum Gasteiger partial charge on any atom is 0.255 e. The first-order valence-corrected chi connectivity index (χ1v) is 11.0. The van der Waals surface area contributed by atoms with E-state index in [0.717, 1.165) is 36.4 Å².